The molecular weight excluding hydrogens is 595 g/mol. The van der Waals surface area contributed by atoms with Gasteiger partial charge in [0.1, 0.15) is 6.17 Å². The van der Waals surface area contributed by atoms with E-state index in [0.717, 1.165) is 33.8 Å². The lowest BCUT2D eigenvalue weighted by molar-refractivity contribution is 0.663. The largest absolute Gasteiger partial charge is 0.360 e. The zero-order chi connectivity index (χ0) is 32.3. The molecule has 0 bridgehead atoms. The van der Waals surface area contributed by atoms with Crippen LogP contribution in [0.4, 0.5) is 0 Å². The van der Waals surface area contributed by atoms with Gasteiger partial charge in [0.05, 0.1) is 16.7 Å². The Morgan fingerprint density at radius 1 is 0.469 bits per heavy atom. The molecule has 230 valence electrons. The lowest BCUT2D eigenvalue weighted by Crippen LogP contribution is -2.25. The Bertz CT molecular complexity index is 2790. The van der Waals surface area contributed by atoms with Gasteiger partial charge in [0.2, 0.25) is 0 Å². The third-order valence-electron chi connectivity index (χ3n) is 9.96. The summed E-state index contributed by atoms with van der Waals surface area (Å²) in [6.07, 6.45) is 1.90. The number of nitrogens with zero attached hydrogens (tertiary/aromatic N) is 2. The van der Waals surface area contributed by atoms with Crippen molar-refractivity contribution in [2.75, 3.05) is 0 Å². The van der Waals surface area contributed by atoms with Gasteiger partial charge in [0.25, 0.3) is 0 Å². The minimum Gasteiger partial charge on any atom is -0.360 e. The van der Waals surface area contributed by atoms with Gasteiger partial charge in [-0.05, 0) is 56.4 Å². The van der Waals surface area contributed by atoms with E-state index in [-0.39, 0.29) is 6.17 Å². The van der Waals surface area contributed by atoms with Crippen molar-refractivity contribution in [1.82, 2.24) is 9.88 Å². The number of allylic oxidation sites excluding steroid dienone is 1. The molecule has 10 rings (SSSR count). The van der Waals surface area contributed by atoms with E-state index in [1.54, 1.807) is 0 Å². The molecule has 1 aliphatic heterocycles. The van der Waals surface area contributed by atoms with Gasteiger partial charge >= 0.3 is 0 Å². The molecule has 0 aliphatic carbocycles. The van der Waals surface area contributed by atoms with Gasteiger partial charge in [-0.15, -0.1) is 0 Å². The van der Waals surface area contributed by atoms with Crippen molar-refractivity contribution in [2.45, 2.75) is 6.17 Å². The fourth-order valence-corrected chi connectivity index (χ4v) is 7.77. The lowest BCUT2D eigenvalue weighted by Gasteiger charge is -2.25. The molecule has 1 unspecified atom stereocenters. The minimum absolute atomic E-state index is 0.266. The van der Waals surface area contributed by atoms with Crippen molar-refractivity contribution in [3.05, 3.63) is 193 Å². The molecule has 0 spiro atoms. The van der Waals surface area contributed by atoms with E-state index < -0.39 is 0 Å². The van der Waals surface area contributed by atoms with Gasteiger partial charge in [0.15, 0.2) is 0 Å². The van der Waals surface area contributed by atoms with Crippen molar-refractivity contribution < 1.29 is 0 Å². The molecule has 9 aromatic rings. The molecule has 0 radical (unpaired) electrons. The molecule has 3 nitrogen and oxygen atoms in total. The smallest absolute Gasteiger partial charge is 0.145 e. The van der Waals surface area contributed by atoms with Gasteiger partial charge in [-0.2, -0.15) is 0 Å². The highest BCUT2D eigenvalue weighted by atomic mass is 15.1. The fraction of sp³-hybridized carbons (Fsp3) is 0.0217. The summed E-state index contributed by atoms with van der Waals surface area (Å²) in [6, 6.07) is 61.0. The molecule has 0 saturated carbocycles. The highest BCUT2D eigenvalue weighted by Gasteiger charge is 2.23. The van der Waals surface area contributed by atoms with Crippen LogP contribution in [0.5, 0.6) is 0 Å². The van der Waals surface area contributed by atoms with Crippen LogP contribution >= 0.6 is 0 Å². The van der Waals surface area contributed by atoms with Crippen molar-refractivity contribution in [3.8, 4) is 5.69 Å². The molecule has 2 heterocycles. The first-order chi connectivity index (χ1) is 24.3. The lowest BCUT2D eigenvalue weighted by atomic mass is 9.96. The van der Waals surface area contributed by atoms with Gasteiger partial charge < -0.3 is 9.88 Å². The van der Waals surface area contributed by atoms with Crippen molar-refractivity contribution in [1.29, 1.82) is 0 Å². The summed E-state index contributed by atoms with van der Waals surface area (Å²) in [5.41, 5.74) is 8.94. The monoisotopic (exact) mass is 625 g/mol. The zero-order valence-electron chi connectivity index (χ0n) is 26.7. The van der Waals surface area contributed by atoms with Gasteiger partial charge in [0, 0.05) is 32.9 Å². The van der Waals surface area contributed by atoms with Crippen LogP contribution in [0.2, 0.25) is 0 Å². The standard InChI is InChI=1S/C46H31N3/c1-3-15-31(16-4-1)41-29-42(32-17-5-2-6-18-32)48-46(47-41)33-19-13-20-34(28-33)49-44-35-21-8-7-14-30(35)26-27-40(44)43-38-24-11-9-22-36(38)37-23-10-12-25-39(37)45(43)49/h1-29,46-47H. The fourth-order valence-electron chi connectivity index (χ4n) is 7.77. The topological polar surface area (TPSA) is 29.3 Å². The van der Waals surface area contributed by atoms with E-state index in [1.807, 2.05) is 0 Å². The van der Waals surface area contributed by atoms with Crippen LogP contribution < -0.4 is 5.32 Å². The summed E-state index contributed by atoms with van der Waals surface area (Å²) in [5, 5.41) is 13.9. The van der Waals surface area contributed by atoms with E-state index in [4.69, 9.17) is 4.99 Å². The molecular formula is C46H31N3. The highest BCUT2D eigenvalue weighted by Crippen LogP contribution is 2.44. The second kappa shape index (κ2) is 11.1. The quantitative estimate of drug-likeness (QED) is 0.194. The Balaban J connectivity index is 1.26. The zero-order valence-corrected chi connectivity index (χ0v) is 26.7. The van der Waals surface area contributed by atoms with E-state index >= 15 is 0 Å². The number of aromatic nitrogens is 1. The summed E-state index contributed by atoms with van der Waals surface area (Å²) in [4.78, 5) is 5.31. The molecule has 1 N–H and O–H groups in total. The molecule has 49 heavy (non-hydrogen) atoms. The minimum atomic E-state index is -0.266. The van der Waals surface area contributed by atoms with E-state index in [0.29, 0.717) is 0 Å². The van der Waals surface area contributed by atoms with Crippen molar-refractivity contribution >= 4 is 65.5 Å². The van der Waals surface area contributed by atoms with Gasteiger partial charge in [-0.1, -0.05) is 158 Å². The van der Waals surface area contributed by atoms with E-state index in [9.17, 15) is 0 Å². The second-order valence-electron chi connectivity index (χ2n) is 12.8. The predicted octanol–water partition coefficient (Wildman–Crippen LogP) is 11.4. The molecule has 8 aromatic carbocycles. The maximum atomic E-state index is 5.31. The SMILES string of the molecule is C1=C(c2ccccc2)NC(c2cccc(-n3c4c5ccccc5ccc4c4c5ccccc5c5ccccc5c43)c2)N=C1c1ccccc1. The van der Waals surface area contributed by atoms with Crippen LogP contribution in [0.3, 0.4) is 0 Å². The van der Waals surface area contributed by atoms with Crippen molar-refractivity contribution in [2.24, 2.45) is 4.99 Å². The molecule has 0 fully saturated rings. The molecule has 0 saturated heterocycles. The molecule has 1 aliphatic rings. The summed E-state index contributed by atoms with van der Waals surface area (Å²) >= 11 is 0. The van der Waals surface area contributed by atoms with Gasteiger partial charge in [-0.25, -0.2) is 0 Å². The van der Waals surface area contributed by atoms with E-state index in [1.165, 1.54) is 54.1 Å². The molecule has 3 heteroatoms. The Morgan fingerprint density at radius 3 is 1.88 bits per heavy atom. The Morgan fingerprint density at radius 2 is 1.10 bits per heavy atom. The first-order valence-electron chi connectivity index (χ1n) is 16.8. The average Bonchev–Trinajstić information content (AvgIpc) is 3.55. The summed E-state index contributed by atoms with van der Waals surface area (Å²) in [5.74, 6) is 0. The van der Waals surface area contributed by atoms with Crippen LogP contribution in [-0.4, -0.2) is 10.3 Å². The van der Waals surface area contributed by atoms with Crippen LogP contribution in [0.25, 0.3) is 65.5 Å². The number of nitrogens with one attached hydrogen (secondary N) is 1. The van der Waals surface area contributed by atoms with Crippen LogP contribution in [0.15, 0.2) is 181 Å². The summed E-state index contributed by atoms with van der Waals surface area (Å²) in [6.45, 7) is 0. The Kier molecular flexibility index (Phi) is 6.25. The summed E-state index contributed by atoms with van der Waals surface area (Å²) < 4.78 is 2.50. The summed E-state index contributed by atoms with van der Waals surface area (Å²) in [7, 11) is 0. The second-order valence-corrected chi connectivity index (χ2v) is 12.8. The predicted molar refractivity (Wildman–Crippen MR) is 207 cm³/mol. The molecule has 1 atom stereocenters. The molecule has 0 amide bonds. The van der Waals surface area contributed by atoms with Crippen LogP contribution in [0, 0.1) is 0 Å². The Labute approximate surface area is 284 Å². The first kappa shape index (κ1) is 27.6. The van der Waals surface area contributed by atoms with Crippen LogP contribution in [-0.2, 0) is 0 Å². The Hall–Kier alpha value is -6.45. The van der Waals surface area contributed by atoms with Gasteiger partial charge in [-0.3, -0.25) is 4.99 Å². The maximum absolute atomic E-state index is 5.31. The number of hydrogen-bond donors (Lipinski definition) is 1. The third-order valence-corrected chi connectivity index (χ3v) is 9.96. The number of hydrogen-bond acceptors (Lipinski definition) is 2. The average molecular weight is 626 g/mol. The number of fused-ring (bicyclic) bond motifs is 10. The van der Waals surface area contributed by atoms with E-state index in [2.05, 4.69) is 186 Å². The number of rotatable bonds is 4. The normalized spacial score (nSPS) is 14.7. The number of benzene rings is 8. The molecule has 1 aromatic heterocycles. The number of aliphatic imine (C=N–C) groups is 1. The van der Waals surface area contributed by atoms with Crippen LogP contribution in [0.1, 0.15) is 22.9 Å². The van der Waals surface area contributed by atoms with Crippen molar-refractivity contribution in [3.63, 3.8) is 0 Å². The highest BCUT2D eigenvalue weighted by molar-refractivity contribution is 6.34. The first-order valence-corrected chi connectivity index (χ1v) is 16.8. The third kappa shape index (κ3) is 4.40. The maximum Gasteiger partial charge on any atom is 0.145 e.